The molecule has 0 radical (unpaired) electrons. The van der Waals surface area contributed by atoms with Crippen LogP contribution in [0.25, 0.3) is 0 Å². The molecule has 90 valence electrons. The number of carbonyl (C=O) groups is 2. The highest BCUT2D eigenvalue weighted by Crippen LogP contribution is 2.27. The van der Waals surface area contributed by atoms with Gasteiger partial charge in [-0.05, 0) is 12.1 Å². The topological polar surface area (TPSA) is 70.5 Å². The summed E-state index contributed by atoms with van der Waals surface area (Å²) in [7, 11) is 0. The van der Waals surface area contributed by atoms with Crippen molar-refractivity contribution < 1.29 is 14.7 Å². The van der Waals surface area contributed by atoms with Crippen LogP contribution in [-0.2, 0) is 4.79 Å². The number of hydrogen-bond acceptors (Lipinski definition) is 3. The lowest BCUT2D eigenvalue weighted by Crippen LogP contribution is -2.27. The Balaban J connectivity index is 2.46. The summed E-state index contributed by atoms with van der Waals surface area (Å²) in [4.78, 5) is 28.0. The van der Waals surface area contributed by atoms with Gasteiger partial charge in [-0.15, -0.1) is 0 Å². The summed E-state index contributed by atoms with van der Waals surface area (Å²) in [6.45, 7) is 0.395. The molecule has 1 aliphatic rings. The number of rotatable bonds is 2. The number of aromatic carboxylic acids is 1. The van der Waals surface area contributed by atoms with Crippen LogP contribution in [0, 0.1) is 0 Å². The summed E-state index contributed by atoms with van der Waals surface area (Å²) < 4.78 is 0. The first-order chi connectivity index (χ1) is 7.99. The van der Waals surface area contributed by atoms with Crippen molar-refractivity contribution in [1.82, 2.24) is 4.98 Å². The molecule has 1 aliphatic heterocycles. The fraction of sp³-hybridized carbons (Fsp3) is 0.300. The summed E-state index contributed by atoms with van der Waals surface area (Å²) >= 11 is 9.06. The molecule has 7 heteroatoms. The van der Waals surface area contributed by atoms with Gasteiger partial charge in [-0.1, -0.05) is 27.5 Å². The smallest absolute Gasteiger partial charge is 0.339 e. The SMILES string of the molecule is O=C(O)c1ccc(Cl)nc1N1CC(Br)CC1=O. The maximum Gasteiger partial charge on any atom is 0.339 e. The van der Waals surface area contributed by atoms with E-state index < -0.39 is 5.97 Å². The van der Waals surface area contributed by atoms with Crippen molar-refractivity contribution in [1.29, 1.82) is 0 Å². The molecule has 2 heterocycles. The quantitative estimate of drug-likeness (QED) is 0.668. The summed E-state index contributed by atoms with van der Waals surface area (Å²) in [5.74, 6) is -1.18. The van der Waals surface area contributed by atoms with Crippen LogP contribution in [0.4, 0.5) is 5.82 Å². The average molecular weight is 320 g/mol. The Labute approximate surface area is 111 Å². The molecule has 1 aromatic rings. The molecular formula is C10H8BrClN2O3. The molecule has 0 spiro atoms. The Bertz CT molecular complexity index is 494. The molecule has 0 aliphatic carbocycles. The zero-order chi connectivity index (χ0) is 12.6. The molecule has 5 nitrogen and oxygen atoms in total. The molecule has 1 fully saturated rings. The number of nitrogens with zero attached hydrogens (tertiary/aromatic N) is 2. The standard InChI is InChI=1S/C10H8BrClN2O3/c11-5-3-8(15)14(4-5)9-6(10(16)17)1-2-7(12)13-9/h1-2,5H,3-4H2,(H,16,17). The van der Waals surface area contributed by atoms with Crippen molar-refractivity contribution in [2.75, 3.05) is 11.4 Å². The van der Waals surface area contributed by atoms with Crippen LogP contribution in [0.15, 0.2) is 12.1 Å². The van der Waals surface area contributed by atoms with E-state index in [9.17, 15) is 9.59 Å². The Morgan fingerprint density at radius 2 is 2.29 bits per heavy atom. The lowest BCUT2D eigenvalue weighted by molar-refractivity contribution is -0.117. The normalized spacial score (nSPS) is 19.8. The van der Waals surface area contributed by atoms with E-state index >= 15 is 0 Å². The van der Waals surface area contributed by atoms with Crippen LogP contribution >= 0.6 is 27.5 Å². The number of aromatic nitrogens is 1. The Kier molecular flexibility index (Phi) is 3.35. The predicted molar refractivity (Wildman–Crippen MR) is 65.9 cm³/mol. The Morgan fingerprint density at radius 3 is 2.82 bits per heavy atom. The van der Waals surface area contributed by atoms with E-state index in [1.165, 1.54) is 17.0 Å². The third-order valence-corrected chi connectivity index (χ3v) is 3.23. The fourth-order valence-electron chi connectivity index (χ4n) is 1.67. The second-order valence-electron chi connectivity index (χ2n) is 3.62. The first-order valence-electron chi connectivity index (χ1n) is 4.83. The third-order valence-electron chi connectivity index (χ3n) is 2.41. The lowest BCUT2D eigenvalue weighted by atomic mass is 10.2. The summed E-state index contributed by atoms with van der Waals surface area (Å²) in [6, 6.07) is 2.74. The van der Waals surface area contributed by atoms with Gasteiger partial charge in [0.2, 0.25) is 5.91 Å². The van der Waals surface area contributed by atoms with Crippen molar-refractivity contribution >= 4 is 45.2 Å². The molecule has 1 atom stereocenters. The largest absolute Gasteiger partial charge is 0.478 e. The van der Waals surface area contributed by atoms with Gasteiger partial charge in [0.1, 0.15) is 10.7 Å². The predicted octanol–water partition coefficient (Wildman–Crippen LogP) is 1.93. The van der Waals surface area contributed by atoms with Gasteiger partial charge in [0, 0.05) is 17.8 Å². The summed E-state index contributed by atoms with van der Waals surface area (Å²) in [5, 5.41) is 9.20. The molecule has 0 bridgehead atoms. The van der Waals surface area contributed by atoms with E-state index in [0.717, 1.165) is 0 Å². The minimum atomic E-state index is -1.13. The van der Waals surface area contributed by atoms with E-state index in [0.29, 0.717) is 13.0 Å². The minimum absolute atomic E-state index is 0.0115. The van der Waals surface area contributed by atoms with Crippen molar-refractivity contribution in [3.63, 3.8) is 0 Å². The molecule has 1 amide bonds. The number of hydrogen-bond donors (Lipinski definition) is 1. The molecular weight excluding hydrogens is 311 g/mol. The summed E-state index contributed by atoms with van der Waals surface area (Å²) in [6.07, 6.45) is 0.327. The van der Waals surface area contributed by atoms with Crippen molar-refractivity contribution in [2.45, 2.75) is 11.2 Å². The highest BCUT2D eigenvalue weighted by atomic mass is 79.9. The first-order valence-corrected chi connectivity index (χ1v) is 6.12. The second-order valence-corrected chi connectivity index (χ2v) is 5.30. The number of alkyl halides is 1. The number of pyridine rings is 1. The lowest BCUT2D eigenvalue weighted by Gasteiger charge is -2.16. The number of halogens is 2. The summed E-state index contributed by atoms with van der Waals surface area (Å²) in [5.41, 5.74) is -0.0237. The zero-order valence-electron chi connectivity index (χ0n) is 8.56. The van der Waals surface area contributed by atoms with Gasteiger partial charge >= 0.3 is 5.97 Å². The van der Waals surface area contributed by atoms with E-state index in [-0.39, 0.29) is 27.3 Å². The van der Waals surface area contributed by atoms with Gasteiger partial charge in [-0.25, -0.2) is 9.78 Å². The van der Waals surface area contributed by atoms with Crippen LogP contribution in [0.1, 0.15) is 16.8 Å². The van der Waals surface area contributed by atoms with E-state index in [1.54, 1.807) is 0 Å². The maximum atomic E-state index is 11.7. The molecule has 0 saturated carbocycles. The van der Waals surface area contributed by atoms with Crippen molar-refractivity contribution in [2.24, 2.45) is 0 Å². The first kappa shape index (κ1) is 12.3. The highest BCUT2D eigenvalue weighted by molar-refractivity contribution is 9.09. The highest BCUT2D eigenvalue weighted by Gasteiger charge is 2.32. The number of carboxylic acid groups (broad SMARTS) is 1. The maximum absolute atomic E-state index is 11.7. The molecule has 0 aromatic carbocycles. The van der Waals surface area contributed by atoms with Crippen molar-refractivity contribution in [3.8, 4) is 0 Å². The van der Waals surface area contributed by atoms with Gasteiger partial charge in [-0.2, -0.15) is 0 Å². The van der Waals surface area contributed by atoms with Crippen LogP contribution < -0.4 is 4.90 Å². The van der Waals surface area contributed by atoms with Gasteiger partial charge < -0.3 is 5.11 Å². The molecule has 1 aromatic heterocycles. The van der Waals surface area contributed by atoms with Crippen LogP contribution in [0.5, 0.6) is 0 Å². The van der Waals surface area contributed by atoms with Gasteiger partial charge in [0.25, 0.3) is 0 Å². The molecule has 2 rings (SSSR count). The molecule has 17 heavy (non-hydrogen) atoms. The van der Waals surface area contributed by atoms with Crippen LogP contribution in [0.2, 0.25) is 5.15 Å². The number of carbonyl (C=O) groups excluding carboxylic acids is 1. The van der Waals surface area contributed by atoms with Crippen LogP contribution in [-0.4, -0.2) is 33.3 Å². The Morgan fingerprint density at radius 1 is 1.59 bits per heavy atom. The number of carboxylic acids is 1. The minimum Gasteiger partial charge on any atom is -0.478 e. The zero-order valence-corrected chi connectivity index (χ0v) is 10.9. The average Bonchev–Trinajstić information content (AvgIpc) is 2.57. The number of amides is 1. The Hall–Kier alpha value is -1.14. The van der Waals surface area contributed by atoms with Gasteiger partial charge in [0.15, 0.2) is 5.82 Å². The van der Waals surface area contributed by atoms with Crippen molar-refractivity contribution in [3.05, 3.63) is 22.8 Å². The third kappa shape index (κ3) is 2.42. The fourth-order valence-corrected chi connectivity index (χ4v) is 2.38. The van der Waals surface area contributed by atoms with Crippen LogP contribution in [0.3, 0.4) is 0 Å². The van der Waals surface area contributed by atoms with E-state index in [4.69, 9.17) is 16.7 Å². The monoisotopic (exact) mass is 318 g/mol. The molecule has 1 N–H and O–H groups in total. The second kappa shape index (κ2) is 4.62. The molecule has 1 unspecified atom stereocenters. The van der Waals surface area contributed by atoms with Gasteiger partial charge in [0.05, 0.1) is 0 Å². The van der Waals surface area contributed by atoms with E-state index in [2.05, 4.69) is 20.9 Å². The molecule has 1 saturated heterocycles. The number of anilines is 1. The van der Waals surface area contributed by atoms with E-state index in [1.807, 2.05) is 0 Å². The van der Waals surface area contributed by atoms with Gasteiger partial charge in [-0.3, -0.25) is 9.69 Å².